The summed E-state index contributed by atoms with van der Waals surface area (Å²) in [5, 5.41) is 16.3. The van der Waals surface area contributed by atoms with Crippen LogP contribution < -0.4 is 10.6 Å². The van der Waals surface area contributed by atoms with Crippen LogP contribution in [-0.4, -0.2) is 21.6 Å². The van der Waals surface area contributed by atoms with Gasteiger partial charge < -0.3 is 15.7 Å². The maximum Gasteiger partial charge on any atom is 0.225 e. The van der Waals surface area contributed by atoms with Gasteiger partial charge in [0.25, 0.3) is 0 Å². The zero-order chi connectivity index (χ0) is 17.8. The smallest absolute Gasteiger partial charge is 0.225 e. The van der Waals surface area contributed by atoms with Gasteiger partial charge in [-0.05, 0) is 19.1 Å². The normalized spacial score (nSPS) is 10.5. The second-order valence-electron chi connectivity index (χ2n) is 5.27. The molecule has 0 fully saturated rings. The largest absolute Gasteiger partial charge is 0.505 e. The van der Waals surface area contributed by atoms with Crippen LogP contribution in [-0.2, 0) is 0 Å². The first-order chi connectivity index (χ1) is 12.1. The molecule has 5 nitrogen and oxygen atoms in total. The van der Waals surface area contributed by atoms with Crippen molar-refractivity contribution in [2.75, 3.05) is 17.2 Å². The van der Waals surface area contributed by atoms with Gasteiger partial charge in [-0.1, -0.05) is 53.5 Å². The van der Waals surface area contributed by atoms with Crippen molar-refractivity contribution in [2.45, 2.75) is 6.92 Å². The van der Waals surface area contributed by atoms with Gasteiger partial charge in [-0.3, -0.25) is 0 Å². The van der Waals surface area contributed by atoms with Gasteiger partial charge in [-0.25, -0.2) is 4.98 Å². The molecule has 2 aromatic carbocycles. The van der Waals surface area contributed by atoms with Crippen molar-refractivity contribution in [3.05, 3.63) is 58.6 Å². The summed E-state index contributed by atoms with van der Waals surface area (Å²) in [5.74, 6) is 0.958. The van der Waals surface area contributed by atoms with E-state index in [-0.39, 0.29) is 15.8 Å². The number of nitrogens with zero attached hydrogens (tertiary/aromatic N) is 2. The van der Waals surface area contributed by atoms with Gasteiger partial charge in [0.1, 0.15) is 5.82 Å². The average Bonchev–Trinajstić information content (AvgIpc) is 2.60. The van der Waals surface area contributed by atoms with Crippen molar-refractivity contribution in [1.29, 1.82) is 0 Å². The van der Waals surface area contributed by atoms with E-state index in [9.17, 15) is 5.11 Å². The fourth-order valence-corrected chi connectivity index (χ4v) is 2.78. The molecule has 128 valence electrons. The van der Waals surface area contributed by atoms with Crippen LogP contribution in [0.15, 0.2) is 48.5 Å². The lowest BCUT2D eigenvalue weighted by Gasteiger charge is -2.12. The van der Waals surface area contributed by atoms with Crippen LogP contribution >= 0.6 is 23.2 Å². The molecule has 0 aliphatic carbocycles. The zero-order valence-corrected chi connectivity index (χ0v) is 14.9. The molecule has 0 aliphatic rings. The molecule has 0 atom stereocenters. The van der Waals surface area contributed by atoms with Crippen LogP contribution in [0.2, 0.25) is 10.0 Å². The van der Waals surface area contributed by atoms with Crippen LogP contribution in [0.4, 0.5) is 17.5 Å². The van der Waals surface area contributed by atoms with Crippen LogP contribution in [0.25, 0.3) is 11.3 Å². The van der Waals surface area contributed by atoms with E-state index in [2.05, 4.69) is 20.6 Å². The first-order valence-electron chi connectivity index (χ1n) is 7.70. The third-order valence-electron chi connectivity index (χ3n) is 3.42. The first-order valence-corrected chi connectivity index (χ1v) is 8.46. The Morgan fingerprint density at radius 2 is 1.68 bits per heavy atom. The maximum atomic E-state index is 9.68. The van der Waals surface area contributed by atoms with Crippen molar-refractivity contribution in [2.24, 2.45) is 0 Å². The lowest BCUT2D eigenvalue weighted by molar-refractivity contribution is 0.476. The van der Waals surface area contributed by atoms with E-state index in [1.165, 1.54) is 0 Å². The predicted octanol–water partition coefficient (Wildman–Crippen LogP) is 5.33. The highest BCUT2D eigenvalue weighted by Crippen LogP contribution is 2.35. The second-order valence-corrected chi connectivity index (χ2v) is 6.09. The number of benzene rings is 2. The van der Waals surface area contributed by atoms with Gasteiger partial charge in [-0.15, -0.1) is 0 Å². The summed E-state index contributed by atoms with van der Waals surface area (Å²) in [5.41, 5.74) is 2.38. The number of nitrogens with one attached hydrogen (secondary N) is 2. The molecule has 1 aromatic heterocycles. The molecule has 0 saturated carbocycles. The van der Waals surface area contributed by atoms with Crippen LogP contribution in [0.5, 0.6) is 5.75 Å². The first kappa shape index (κ1) is 17.3. The van der Waals surface area contributed by atoms with Gasteiger partial charge in [-0.2, -0.15) is 4.98 Å². The number of hydrogen-bond acceptors (Lipinski definition) is 5. The summed E-state index contributed by atoms with van der Waals surface area (Å²) in [4.78, 5) is 8.97. The molecule has 0 saturated heterocycles. The van der Waals surface area contributed by atoms with Crippen LogP contribution in [0.3, 0.4) is 0 Å². The van der Waals surface area contributed by atoms with E-state index in [1.54, 1.807) is 12.1 Å². The van der Waals surface area contributed by atoms with Crippen molar-refractivity contribution < 1.29 is 5.11 Å². The molecule has 3 rings (SSSR count). The highest BCUT2D eigenvalue weighted by atomic mass is 35.5. The van der Waals surface area contributed by atoms with Crippen molar-refractivity contribution in [1.82, 2.24) is 9.97 Å². The quantitative estimate of drug-likeness (QED) is 0.526. The molecular formula is C18H16Cl2N4O. The summed E-state index contributed by atoms with van der Waals surface area (Å²) < 4.78 is 0. The monoisotopic (exact) mass is 374 g/mol. The zero-order valence-electron chi connectivity index (χ0n) is 13.4. The summed E-state index contributed by atoms with van der Waals surface area (Å²) >= 11 is 11.9. The van der Waals surface area contributed by atoms with E-state index < -0.39 is 0 Å². The Kier molecular flexibility index (Phi) is 5.26. The van der Waals surface area contributed by atoms with Crippen LogP contribution in [0, 0.1) is 0 Å². The summed E-state index contributed by atoms with van der Waals surface area (Å²) in [6, 6.07) is 14.8. The number of phenolic OH excluding ortho intramolecular Hbond substituents is 1. The van der Waals surface area contributed by atoms with Crippen LogP contribution in [0.1, 0.15) is 6.92 Å². The van der Waals surface area contributed by atoms with E-state index in [0.717, 1.165) is 11.3 Å². The molecule has 3 aromatic rings. The third kappa shape index (κ3) is 4.13. The topological polar surface area (TPSA) is 70.1 Å². The molecule has 7 heteroatoms. The van der Waals surface area contributed by atoms with Gasteiger partial charge in [0.2, 0.25) is 5.95 Å². The second kappa shape index (κ2) is 7.59. The number of aromatic nitrogens is 2. The number of halogens is 2. The average molecular weight is 375 g/mol. The minimum Gasteiger partial charge on any atom is -0.505 e. The number of rotatable bonds is 5. The van der Waals surface area contributed by atoms with Gasteiger partial charge in [0, 0.05) is 23.9 Å². The van der Waals surface area contributed by atoms with Gasteiger partial charge in [0.05, 0.1) is 15.7 Å². The van der Waals surface area contributed by atoms with E-state index in [0.29, 0.717) is 24.0 Å². The SMILES string of the molecule is CCNc1nc(Nc2cc(Cl)c(O)c(Cl)c2)cc(-c2ccccc2)n1. The minimum atomic E-state index is -0.144. The number of hydrogen-bond donors (Lipinski definition) is 3. The molecule has 0 unspecified atom stereocenters. The summed E-state index contributed by atoms with van der Waals surface area (Å²) in [6.45, 7) is 2.68. The number of anilines is 3. The van der Waals surface area contributed by atoms with Gasteiger partial charge in [0.15, 0.2) is 5.75 Å². The molecular weight excluding hydrogens is 359 g/mol. The fourth-order valence-electron chi connectivity index (χ4n) is 2.29. The highest BCUT2D eigenvalue weighted by Gasteiger charge is 2.10. The van der Waals surface area contributed by atoms with Gasteiger partial charge >= 0.3 is 0 Å². The third-order valence-corrected chi connectivity index (χ3v) is 4.00. The Labute approximate surface area is 155 Å². The lowest BCUT2D eigenvalue weighted by atomic mass is 10.1. The Hall–Kier alpha value is -2.50. The van der Waals surface area contributed by atoms with Crippen molar-refractivity contribution in [3.8, 4) is 17.0 Å². The summed E-state index contributed by atoms with van der Waals surface area (Å²) in [6.07, 6.45) is 0. The Morgan fingerprint density at radius 3 is 2.32 bits per heavy atom. The minimum absolute atomic E-state index is 0.144. The van der Waals surface area contributed by atoms with E-state index in [4.69, 9.17) is 23.2 Å². The van der Waals surface area contributed by atoms with E-state index >= 15 is 0 Å². The molecule has 0 spiro atoms. The molecule has 0 amide bonds. The number of phenols is 1. The Balaban J connectivity index is 1.99. The van der Waals surface area contributed by atoms with E-state index in [1.807, 2.05) is 43.3 Å². The molecule has 1 heterocycles. The molecule has 0 aliphatic heterocycles. The standard InChI is InChI=1S/C18H16Cl2N4O/c1-2-21-18-23-15(11-6-4-3-5-7-11)10-16(24-18)22-12-8-13(19)17(25)14(20)9-12/h3-10,25H,2H2,1H3,(H2,21,22,23,24). The molecule has 25 heavy (non-hydrogen) atoms. The van der Waals surface area contributed by atoms with Crippen molar-refractivity contribution >= 4 is 40.7 Å². The molecule has 3 N–H and O–H groups in total. The maximum absolute atomic E-state index is 9.68. The fraction of sp³-hybridized carbons (Fsp3) is 0.111. The molecule has 0 radical (unpaired) electrons. The predicted molar refractivity (Wildman–Crippen MR) is 103 cm³/mol. The lowest BCUT2D eigenvalue weighted by Crippen LogP contribution is -2.05. The highest BCUT2D eigenvalue weighted by molar-refractivity contribution is 6.37. The Morgan fingerprint density at radius 1 is 1.00 bits per heavy atom. The van der Waals surface area contributed by atoms with Crippen molar-refractivity contribution in [3.63, 3.8) is 0 Å². The molecule has 0 bridgehead atoms. The summed E-state index contributed by atoms with van der Waals surface area (Å²) in [7, 11) is 0. The Bertz CT molecular complexity index is 864. The number of aromatic hydroxyl groups is 1.